The molecule has 2 rings (SSSR count). The Kier molecular flexibility index (Phi) is 3.38. The quantitative estimate of drug-likeness (QED) is 0.800. The molecule has 0 saturated heterocycles. The van der Waals surface area contributed by atoms with Crippen LogP contribution < -0.4 is 10.6 Å². The zero-order chi connectivity index (χ0) is 10.7. The molecule has 1 aromatic rings. The van der Waals surface area contributed by atoms with Crippen molar-refractivity contribution in [3.05, 3.63) is 18.2 Å². The number of alkyl halides is 1. The first-order valence-corrected chi connectivity index (χ1v) is 6.18. The third-order valence-electron chi connectivity index (χ3n) is 2.04. The van der Waals surface area contributed by atoms with Crippen molar-refractivity contribution < 1.29 is 4.79 Å². The van der Waals surface area contributed by atoms with Crippen LogP contribution in [-0.4, -0.2) is 24.1 Å². The lowest BCUT2D eigenvalue weighted by molar-refractivity contribution is -0.113. The van der Waals surface area contributed by atoms with E-state index >= 15 is 0 Å². The Hall–Kier alpha value is -0.870. The number of amides is 1. The van der Waals surface area contributed by atoms with Crippen molar-refractivity contribution in [2.24, 2.45) is 0 Å². The topological polar surface area (TPSA) is 41.1 Å². The number of benzene rings is 1. The van der Waals surface area contributed by atoms with E-state index in [0.29, 0.717) is 11.6 Å². The second-order valence-electron chi connectivity index (χ2n) is 3.16. The summed E-state index contributed by atoms with van der Waals surface area (Å²) in [5.74, 6) is 1.13. The van der Waals surface area contributed by atoms with Crippen molar-refractivity contribution >= 4 is 40.6 Å². The molecule has 1 aromatic carbocycles. The second-order valence-corrected chi connectivity index (χ2v) is 4.56. The van der Waals surface area contributed by atoms with Gasteiger partial charge in [-0.15, -0.1) is 23.4 Å². The average Bonchev–Trinajstić information content (AvgIpc) is 2.25. The van der Waals surface area contributed by atoms with E-state index in [2.05, 4.69) is 10.6 Å². The molecule has 1 aliphatic rings. The molecule has 1 aliphatic heterocycles. The maximum absolute atomic E-state index is 11.2. The highest BCUT2D eigenvalue weighted by Crippen LogP contribution is 2.33. The van der Waals surface area contributed by atoms with Gasteiger partial charge in [-0.1, -0.05) is 0 Å². The van der Waals surface area contributed by atoms with E-state index in [0.717, 1.165) is 22.8 Å². The van der Waals surface area contributed by atoms with Gasteiger partial charge in [0.2, 0.25) is 5.91 Å². The maximum atomic E-state index is 11.2. The highest BCUT2D eigenvalue weighted by Gasteiger charge is 2.14. The summed E-state index contributed by atoms with van der Waals surface area (Å²) in [5.41, 5.74) is 1.87. The van der Waals surface area contributed by atoms with Crippen LogP contribution in [0.25, 0.3) is 0 Å². The number of thioether (sulfide) groups is 1. The number of carbonyl (C=O) groups is 1. The molecule has 0 bridgehead atoms. The van der Waals surface area contributed by atoms with Gasteiger partial charge in [0, 0.05) is 23.0 Å². The van der Waals surface area contributed by atoms with Crippen LogP contribution in [0.3, 0.4) is 0 Å². The number of fused-ring (bicyclic) bond motifs is 1. The van der Waals surface area contributed by atoms with Gasteiger partial charge in [-0.05, 0) is 18.2 Å². The molecule has 0 radical (unpaired) electrons. The van der Waals surface area contributed by atoms with Gasteiger partial charge in [-0.25, -0.2) is 0 Å². The number of carbonyl (C=O) groups excluding carboxylic acids is 1. The molecule has 0 unspecified atom stereocenters. The molecule has 0 atom stereocenters. The van der Waals surface area contributed by atoms with Crippen LogP contribution in [0.4, 0.5) is 11.4 Å². The molecule has 1 amide bonds. The van der Waals surface area contributed by atoms with Gasteiger partial charge in [0.05, 0.1) is 11.4 Å². The molecule has 0 fully saturated rings. The van der Waals surface area contributed by atoms with Crippen LogP contribution >= 0.6 is 23.4 Å². The van der Waals surface area contributed by atoms with Gasteiger partial charge in [0.25, 0.3) is 0 Å². The maximum Gasteiger partial charge on any atom is 0.234 e. The van der Waals surface area contributed by atoms with Gasteiger partial charge in [0.1, 0.15) is 0 Å². The highest BCUT2D eigenvalue weighted by molar-refractivity contribution is 8.00. The van der Waals surface area contributed by atoms with Gasteiger partial charge >= 0.3 is 0 Å². The number of halogens is 1. The fourth-order valence-corrected chi connectivity index (χ4v) is 2.27. The molecular weight excluding hydrogens is 232 g/mol. The van der Waals surface area contributed by atoms with Crippen molar-refractivity contribution in [2.75, 3.05) is 28.8 Å². The number of hydrogen-bond donors (Lipinski definition) is 2. The number of nitrogens with one attached hydrogen (secondary N) is 2. The van der Waals surface area contributed by atoms with E-state index in [1.807, 2.05) is 18.2 Å². The summed E-state index contributed by atoms with van der Waals surface area (Å²) in [7, 11) is 0. The van der Waals surface area contributed by atoms with Crippen LogP contribution in [0.5, 0.6) is 0 Å². The van der Waals surface area contributed by atoms with Crippen molar-refractivity contribution in [3.63, 3.8) is 0 Å². The fourth-order valence-electron chi connectivity index (χ4n) is 1.38. The molecule has 0 aliphatic carbocycles. The Morgan fingerprint density at radius 3 is 3.20 bits per heavy atom. The van der Waals surface area contributed by atoms with Crippen LogP contribution in [0, 0.1) is 0 Å². The smallest absolute Gasteiger partial charge is 0.234 e. The van der Waals surface area contributed by atoms with Gasteiger partial charge in [0.15, 0.2) is 0 Å². The highest BCUT2D eigenvalue weighted by atomic mass is 35.5. The standard InChI is InChI=1S/C10H11ClN2OS/c11-3-4-12-7-1-2-9-8(5-7)13-10(14)6-15-9/h1-2,5,12H,3-4,6H2,(H,13,14). The van der Waals surface area contributed by atoms with Gasteiger partial charge < -0.3 is 10.6 Å². The Labute approximate surface area is 97.6 Å². The van der Waals surface area contributed by atoms with Crippen molar-refractivity contribution in [2.45, 2.75) is 4.90 Å². The lowest BCUT2D eigenvalue weighted by Gasteiger charge is -2.17. The van der Waals surface area contributed by atoms with Crippen molar-refractivity contribution in [3.8, 4) is 0 Å². The first-order chi connectivity index (χ1) is 7.29. The SMILES string of the molecule is O=C1CSc2ccc(NCCCl)cc2N1. The monoisotopic (exact) mass is 242 g/mol. The zero-order valence-electron chi connectivity index (χ0n) is 8.05. The minimum absolute atomic E-state index is 0.0574. The van der Waals surface area contributed by atoms with Gasteiger partial charge in [-0.3, -0.25) is 4.79 Å². The molecule has 5 heteroatoms. The van der Waals surface area contributed by atoms with Crippen LogP contribution in [0.1, 0.15) is 0 Å². The summed E-state index contributed by atoms with van der Waals surface area (Å²) in [6.07, 6.45) is 0. The normalized spacial score (nSPS) is 14.3. The molecule has 2 N–H and O–H groups in total. The predicted molar refractivity (Wildman–Crippen MR) is 65.0 cm³/mol. The van der Waals surface area contributed by atoms with Gasteiger partial charge in [-0.2, -0.15) is 0 Å². The third kappa shape index (κ3) is 2.58. The summed E-state index contributed by atoms with van der Waals surface area (Å²) >= 11 is 7.15. The molecule has 0 saturated carbocycles. The second kappa shape index (κ2) is 4.77. The molecule has 80 valence electrons. The van der Waals surface area contributed by atoms with E-state index in [-0.39, 0.29) is 5.91 Å². The molecule has 15 heavy (non-hydrogen) atoms. The van der Waals surface area contributed by atoms with E-state index in [1.165, 1.54) is 0 Å². The molecule has 1 heterocycles. The third-order valence-corrected chi connectivity index (χ3v) is 3.30. The average molecular weight is 243 g/mol. The van der Waals surface area contributed by atoms with E-state index in [4.69, 9.17) is 11.6 Å². The lowest BCUT2D eigenvalue weighted by Crippen LogP contribution is -2.18. The van der Waals surface area contributed by atoms with E-state index in [9.17, 15) is 4.79 Å². The summed E-state index contributed by atoms with van der Waals surface area (Å²) in [5, 5.41) is 6.01. The van der Waals surface area contributed by atoms with Crippen LogP contribution in [0.2, 0.25) is 0 Å². The Bertz CT molecular complexity index is 384. The Morgan fingerprint density at radius 1 is 1.53 bits per heavy atom. The van der Waals surface area contributed by atoms with E-state index in [1.54, 1.807) is 11.8 Å². The summed E-state index contributed by atoms with van der Waals surface area (Å²) < 4.78 is 0. The van der Waals surface area contributed by atoms with E-state index < -0.39 is 0 Å². The first kappa shape index (κ1) is 10.6. The zero-order valence-corrected chi connectivity index (χ0v) is 9.62. The minimum Gasteiger partial charge on any atom is -0.384 e. The molecular formula is C10H11ClN2OS. The molecule has 0 spiro atoms. The lowest BCUT2D eigenvalue weighted by atomic mass is 10.2. The molecule has 0 aromatic heterocycles. The first-order valence-electron chi connectivity index (χ1n) is 4.66. The number of anilines is 2. The Morgan fingerprint density at radius 2 is 2.40 bits per heavy atom. The fraction of sp³-hybridized carbons (Fsp3) is 0.300. The van der Waals surface area contributed by atoms with Crippen molar-refractivity contribution in [1.82, 2.24) is 0 Å². The minimum atomic E-state index is 0.0574. The molecule has 3 nitrogen and oxygen atoms in total. The Balaban J connectivity index is 2.17. The predicted octanol–water partition coefficient (Wildman–Crippen LogP) is 2.38. The van der Waals surface area contributed by atoms with Crippen LogP contribution in [0.15, 0.2) is 23.1 Å². The largest absolute Gasteiger partial charge is 0.384 e. The summed E-state index contributed by atoms with van der Waals surface area (Å²) in [6, 6.07) is 5.94. The van der Waals surface area contributed by atoms with Crippen LogP contribution in [-0.2, 0) is 4.79 Å². The van der Waals surface area contributed by atoms with Crippen molar-refractivity contribution in [1.29, 1.82) is 0 Å². The summed E-state index contributed by atoms with van der Waals surface area (Å²) in [4.78, 5) is 12.3. The summed E-state index contributed by atoms with van der Waals surface area (Å²) in [6.45, 7) is 0.724. The number of hydrogen-bond acceptors (Lipinski definition) is 3. The number of rotatable bonds is 3.